The zero-order valence-corrected chi connectivity index (χ0v) is 15.9. The number of halogens is 2. The second-order valence-corrected chi connectivity index (χ2v) is 7.11. The molecule has 0 unspecified atom stereocenters. The van der Waals surface area contributed by atoms with Crippen molar-refractivity contribution < 1.29 is 9.63 Å². The Labute approximate surface area is 163 Å². The van der Waals surface area contributed by atoms with Crippen LogP contribution in [0.15, 0.2) is 65.1 Å². The van der Waals surface area contributed by atoms with E-state index in [9.17, 15) is 4.79 Å². The van der Waals surface area contributed by atoms with Gasteiger partial charge in [0.1, 0.15) is 0 Å². The molecule has 130 valence electrons. The lowest BCUT2D eigenvalue weighted by Crippen LogP contribution is -2.22. The van der Waals surface area contributed by atoms with Crippen LogP contribution in [-0.2, 0) is 11.3 Å². The van der Waals surface area contributed by atoms with Crippen molar-refractivity contribution in [3.05, 3.63) is 81.3 Å². The van der Waals surface area contributed by atoms with E-state index in [1.807, 2.05) is 18.2 Å². The topological polar surface area (TPSA) is 50.4 Å². The van der Waals surface area contributed by atoms with Gasteiger partial charge in [0.05, 0.1) is 5.70 Å². The number of fused-ring (bicyclic) bond motifs is 2. The van der Waals surface area contributed by atoms with Crippen molar-refractivity contribution in [1.82, 2.24) is 5.48 Å². The molecule has 4 nitrogen and oxygen atoms in total. The molecule has 6 heteroatoms. The first-order chi connectivity index (χ1) is 12.6. The third-order valence-corrected chi connectivity index (χ3v) is 5.39. The first kappa shape index (κ1) is 16.9. The van der Waals surface area contributed by atoms with Gasteiger partial charge in [0.2, 0.25) is 0 Å². The summed E-state index contributed by atoms with van der Waals surface area (Å²) in [6.07, 6.45) is 2.18. The maximum atomic E-state index is 12.0. The molecule has 3 aromatic carbocycles. The van der Waals surface area contributed by atoms with Crippen molar-refractivity contribution in [1.29, 1.82) is 0 Å². The molecule has 26 heavy (non-hydrogen) atoms. The molecule has 0 saturated carbocycles. The quantitative estimate of drug-likeness (QED) is 0.509. The lowest BCUT2D eigenvalue weighted by molar-refractivity contribution is 0.131. The first-order valence-electron chi connectivity index (χ1n) is 8.02. The van der Waals surface area contributed by atoms with Gasteiger partial charge in [-0.1, -0.05) is 41.9 Å². The SMILES string of the molecule is O=C(Nc1ccc(Cl)cc1)ONC1=CCc2c1cc1ccccc1c2Br. The van der Waals surface area contributed by atoms with Crippen LogP contribution in [0.4, 0.5) is 10.5 Å². The molecule has 0 saturated heterocycles. The Morgan fingerprint density at radius 1 is 1.12 bits per heavy atom. The highest BCUT2D eigenvalue weighted by molar-refractivity contribution is 9.10. The molecular formula is C20H14BrClN2O2. The van der Waals surface area contributed by atoms with Gasteiger partial charge in [-0.15, -0.1) is 0 Å². The van der Waals surface area contributed by atoms with Crippen molar-refractivity contribution in [3.8, 4) is 0 Å². The number of amides is 1. The standard InChI is InChI=1S/C20H14BrClN2O2/c21-19-15-4-2-1-3-12(15)11-17-16(19)9-10-18(17)24-26-20(25)23-14-7-5-13(22)6-8-14/h1-8,10-11,24H,9H2,(H,23,25). The lowest BCUT2D eigenvalue weighted by Gasteiger charge is -2.12. The van der Waals surface area contributed by atoms with Crippen LogP contribution in [0.25, 0.3) is 16.5 Å². The van der Waals surface area contributed by atoms with E-state index in [4.69, 9.17) is 16.4 Å². The van der Waals surface area contributed by atoms with Crippen molar-refractivity contribution in [2.24, 2.45) is 0 Å². The van der Waals surface area contributed by atoms with E-state index in [0.29, 0.717) is 10.7 Å². The number of hydroxylamine groups is 1. The third kappa shape index (κ3) is 3.28. The molecule has 4 rings (SSSR count). The van der Waals surface area contributed by atoms with Crippen LogP contribution in [0.2, 0.25) is 5.02 Å². The summed E-state index contributed by atoms with van der Waals surface area (Å²) in [5.41, 5.74) is 6.34. The van der Waals surface area contributed by atoms with E-state index in [1.54, 1.807) is 24.3 Å². The van der Waals surface area contributed by atoms with E-state index in [0.717, 1.165) is 27.5 Å². The Bertz CT molecular complexity index is 1030. The van der Waals surface area contributed by atoms with E-state index in [2.05, 4.69) is 44.9 Å². The molecule has 0 radical (unpaired) electrons. The summed E-state index contributed by atoms with van der Waals surface area (Å²) in [5.74, 6) is 0. The molecule has 0 aliphatic heterocycles. The summed E-state index contributed by atoms with van der Waals surface area (Å²) in [6.45, 7) is 0. The monoisotopic (exact) mass is 428 g/mol. The molecular weight excluding hydrogens is 416 g/mol. The summed E-state index contributed by atoms with van der Waals surface area (Å²) in [5, 5.41) is 5.54. The number of allylic oxidation sites excluding steroid dienone is 1. The zero-order valence-electron chi connectivity index (χ0n) is 13.6. The zero-order chi connectivity index (χ0) is 18.1. The van der Waals surface area contributed by atoms with Crippen LogP contribution in [0, 0.1) is 0 Å². The number of benzene rings is 3. The highest BCUT2D eigenvalue weighted by Crippen LogP contribution is 2.37. The van der Waals surface area contributed by atoms with Gasteiger partial charge in [-0.3, -0.25) is 5.32 Å². The maximum absolute atomic E-state index is 12.0. The Morgan fingerprint density at radius 3 is 2.69 bits per heavy atom. The molecule has 1 amide bonds. The number of rotatable bonds is 3. The molecule has 0 heterocycles. The van der Waals surface area contributed by atoms with Crippen molar-refractivity contribution in [2.45, 2.75) is 6.42 Å². The molecule has 1 aliphatic rings. The number of hydrogen-bond donors (Lipinski definition) is 2. The molecule has 0 atom stereocenters. The Morgan fingerprint density at radius 2 is 1.88 bits per heavy atom. The molecule has 2 N–H and O–H groups in total. The minimum Gasteiger partial charge on any atom is -0.324 e. The normalized spacial score (nSPS) is 12.5. The largest absolute Gasteiger partial charge is 0.435 e. The van der Waals surface area contributed by atoms with Crippen LogP contribution < -0.4 is 10.8 Å². The van der Waals surface area contributed by atoms with Crippen LogP contribution in [0.5, 0.6) is 0 Å². The summed E-state index contributed by atoms with van der Waals surface area (Å²) in [4.78, 5) is 17.1. The van der Waals surface area contributed by atoms with Gasteiger partial charge in [0, 0.05) is 20.7 Å². The Kier molecular flexibility index (Phi) is 4.57. The summed E-state index contributed by atoms with van der Waals surface area (Å²) < 4.78 is 1.07. The van der Waals surface area contributed by atoms with Gasteiger partial charge in [-0.05, 0) is 69.0 Å². The minimum atomic E-state index is -0.596. The highest BCUT2D eigenvalue weighted by atomic mass is 79.9. The number of hydrogen-bond acceptors (Lipinski definition) is 3. The van der Waals surface area contributed by atoms with Gasteiger partial charge < -0.3 is 4.84 Å². The van der Waals surface area contributed by atoms with Crippen molar-refractivity contribution in [3.63, 3.8) is 0 Å². The number of carbonyl (C=O) groups is 1. The van der Waals surface area contributed by atoms with Crippen molar-refractivity contribution >= 4 is 55.8 Å². The smallest absolute Gasteiger partial charge is 0.324 e. The Balaban J connectivity index is 1.48. The molecule has 0 spiro atoms. The summed E-state index contributed by atoms with van der Waals surface area (Å²) in [7, 11) is 0. The molecule has 3 aromatic rings. The molecule has 1 aliphatic carbocycles. The fourth-order valence-corrected chi connectivity index (χ4v) is 3.84. The fourth-order valence-electron chi connectivity index (χ4n) is 2.97. The summed E-state index contributed by atoms with van der Waals surface area (Å²) in [6, 6.07) is 17.1. The highest BCUT2D eigenvalue weighted by Gasteiger charge is 2.20. The van der Waals surface area contributed by atoms with Crippen LogP contribution in [-0.4, -0.2) is 6.09 Å². The predicted octanol–water partition coefficient (Wildman–Crippen LogP) is 5.91. The van der Waals surface area contributed by atoms with Crippen LogP contribution in [0.1, 0.15) is 11.1 Å². The predicted molar refractivity (Wildman–Crippen MR) is 108 cm³/mol. The maximum Gasteiger partial charge on any atom is 0.435 e. The van der Waals surface area contributed by atoms with Gasteiger partial charge in [0.25, 0.3) is 0 Å². The second kappa shape index (κ2) is 7.02. The van der Waals surface area contributed by atoms with Crippen molar-refractivity contribution in [2.75, 3.05) is 5.32 Å². The van der Waals surface area contributed by atoms with E-state index in [1.165, 1.54) is 10.9 Å². The van der Waals surface area contributed by atoms with Gasteiger partial charge in [0.15, 0.2) is 0 Å². The number of carbonyl (C=O) groups excluding carboxylic acids is 1. The van der Waals surface area contributed by atoms with Gasteiger partial charge in [-0.25, -0.2) is 10.3 Å². The van der Waals surface area contributed by atoms with Gasteiger partial charge >= 0.3 is 6.09 Å². The Hall–Kier alpha value is -2.50. The van der Waals surface area contributed by atoms with Crippen LogP contribution >= 0.6 is 27.5 Å². The lowest BCUT2D eigenvalue weighted by atomic mass is 10.0. The average Bonchev–Trinajstić information content (AvgIpc) is 3.05. The minimum absolute atomic E-state index is 0.596. The average molecular weight is 430 g/mol. The first-order valence-corrected chi connectivity index (χ1v) is 9.19. The third-order valence-electron chi connectivity index (χ3n) is 4.23. The molecule has 0 fully saturated rings. The second-order valence-electron chi connectivity index (χ2n) is 5.88. The molecule has 0 aromatic heterocycles. The summed E-state index contributed by atoms with van der Waals surface area (Å²) >= 11 is 9.53. The van der Waals surface area contributed by atoms with Crippen LogP contribution in [0.3, 0.4) is 0 Å². The molecule has 0 bridgehead atoms. The van der Waals surface area contributed by atoms with E-state index in [-0.39, 0.29) is 0 Å². The number of nitrogens with one attached hydrogen (secondary N) is 2. The van der Waals surface area contributed by atoms with Gasteiger partial charge in [-0.2, -0.15) is 0 Å². The number of anilines is 1. The van der Waals surface area contributed by atoms with E-state index >= 15 is 0 Å². The fraction of sp³-hybridized carbons (Fsp3) is 0.0500. The van der Waals surface area contributed by atoms with E-state index < -0.39 is 6.09 Å².